The van der Waals surface area contributed by atoms with Crippen molar-refractivity contribution in [2.45, 2.75) is 44.7 Å². The van der Waals surface area contributed by atoms with Crippen LogP contribution in [0.1, 0.15) is 42.6 Å². The van der Waals surface area contributed by atoms with Crippen LogP contribution in [0, 0.1) is 0 Å². The van der Waals surface area contributed by atoms with Crippen LogP contribution in [0.3, 0.4) is 0 Å². The summed E-state index contributed by atoms with van der Waals surface area (Å²) in [5.41, 5.74) is 9.06. The number of hydrogen-bond donors (Lipinski definition) is 4. The fourth-order valence-corrected chi connectivity index (χ4v) is 4.20. The number of phenolic OH excluding ortho intramolecular Hbond substituents is 1. The number of aromatic amines is 1. The van der Waals surface area contributed by atoms with E-state index < -0.39 is 0 Å². The smallest absolute Gasteiger partial charge is 0.115 e. The Morgan fingerprint density at radius 2 is 2.04 bits per heavy atom. The van der Waals surface area contributed by atoms with Crippen LogP contribution in [0.2, 0.25) is 0 Å². The van der Waals surface area contributed by atoms with Crippen molar-refractivity contribution < 1.29 is 9.94 Å². The second-order valence-corrected chi connectivity index (χ2v) is 7.47. The van der Waals surface area contributed by atoms with Gasteiger partial charge >= 0.3 is 0 Å². The lowest BCUT2D eigenvalue weighted by Gasteiger charge is -2.27. The zero-order valence-corrected chi connectivity index (χ0v) is 15.9. The number of aromatic hydroxyl groups is 1. The third-order valence-electron chi connectivity index (χ3n) is 5.39. The molecule has 0 aliphatic heterocycles. The molecule has 0 saturated heterocycles. The van der Waals surface area contributed by atoms with Crippen molar-refractivity contribution in [3.63, 3.8) is 0 Å². The highest BCUT2D eigenvalue weighted by Crippen LogP contribution is 2.36. The zero-order valence-electron chi connectivity index (χ0n) is 15.9. The highest BCUT2D eigenvalue weighted by atomic mass is 16.6. The Hall–Kier alpha value is -2.50. The summed E-state index contributed by atoms with van der Waals surface area (Å²) in [7, 11) is 1.63. The molecule has 1 heterocycles. The van der Waals surface area contributed by atoms with Crippen molar-refractivity contribution in [2.75, 3.05) is 12.6 Å². The molecule has 1 aliphatic rings. The molecular weight excluding hydrogens is 338 g/mol. The van der Waals surface area contributed by atoms with Gasteiger partial charge in [-0.3, -0.25) is 10.3 Å². The molecule has 5 heteroatoms. The maximum absolute atomic E-state index is 9.45. The van der Waals surface area contributed by atoms with Crippen molar-refractivity contribution in [3.8, 4) is 5.75 Å². The molecule has 142 valence electrons. The molecule has 4 rings (SSSR count). The predicted molar refractivity (Wildman–Crippen MR) is 109 cm³/mol. The van der Waals surface area contributed by atoms with Gasteiger partial charge in [-0.25, -0.2) is 0 Å². The zero-order chi connectivity index (χ0) is 18.8. The quantitative estimate of drug-likeness (QED) is 0.487. The van der Waals surface area contributed by atoms with Crippen LogP contribution >= 0.6 is 0 Å². The molecule has 1 aliphatic carbocycles. The normalized spacial score (nSPS) is 17.6. The van der Waals surface area contributed by atoms with Gasteiger partial charge in [-0.2, -0.15) is 0 Å². The van der Waals surface area contributed by atoms with Crippen LogP contribution in [-0.2, 0) is 17.7 Å². The number of aryl methyl sites for hydroxylation is 1. The molecule has 2 aromatic carbocycles. The van der Waals surface area contributed by atoms with E-state index in [0.717, 1.165) is 24.9 Å². The monoisotopic (exact) mass is 365 g/mol. The lowest BCUT2D eigenvalue weighted by atomic mass is 9.91. The van der Waals surface area contributed by atoms with Crippen molar-refractivity contribution >= 4 is 16.6 Å². The second kappa shape index (κ2) is 7.62. The first-order valence-electron chi connectivity index (χ1n) is 9.61. The largest absolute Gasteiger partial charge is 0.508 e. The Kier molecular flexibility index (Phi) is 5.05. The van der Waals surface area contributed by atoms with Gasteiger partial charge in [0.25, 0.3) is 0 Å². The molecule has 0 amide bonds. The number of hydrogen-bond acceptors (Lipinski definition) is 4. The first-order valence-corrected chi connectivity index (χ1v) is 9.61. The van der Waals surface area contributed by atoms with E-state index in [-0.39, 0.29) is 0 Å². The molecule has 0 bridgehead atoms. The first kappa shape index (κ1) is 17.9. The number of aromatic nitrogens is 1. The Labute approximate surface area is 159 Å². The molecule has 0 spiro atoms. The molecule has 4 N–H and O–H groups in total. The molecule has 0 radical (unpaired) electrons. The number of H-pyrrole nitrogens is 1. The third kappa shape index (κ3) is 3.80. The molecule has 2 unspecified atom stereocenters. The maximum Gasteiger partial charge on any atom is 0.115 e. The van der Waals surface area contributed by atoms with E-state index in [4.69, 9.17) is 4.84 Å². The highest BCUT2D eigenvalue weighted by molar-refractivity contribution is 5.88. The van der Waals surface area contributed by atoms with E-state index in [9.17, 15) is 5.11 Å². The lowest BCUT2D eigenvalue weighted by Crippen LogP contribution is -2.34. The molecule has 0 saturated carbocycles. The van der Waals surface area contributed by atoms with Crippen LogP contribution in [-0.4, -0.2) is 23.2 Å². The van der Waals surface area contributed by atoms with E-state index in [1.165, 1.54) is 34.1 Å². The van der Waals surface area contributed by atoms with E-state index in [0.29, 0.717) is 17.8 Å². The van der Waals surface area contributed by atoms with Crippen LogP contribution in [0.15, 0.2) is 42.5 Å². The number of benzene rings is 2. The summed E-state index contributed by atoms with van der Waals surface area (Å²) in [6.07, 6.45) is 4.37. The van der Waals surface area contributed by atoms with Crippen LogP contribution in [0.5, 0.6) is 5.75 Å². The summed E-state index contributed by atoms with van der Waals surface area (Å²) >= 11 is 0. The van der Waals surface area contributed by atoms with Gasteiger partial charge in [0.05, 0.1) is 12.8 Å². The van der Waals surface area contributed by atoms with E-state index in [1.54, 1.807) is 19.2 Å². The Balaban J connectivity index is 1.53. The topological polar surface area (TPSA) is 69.3 Å². The molecule has 0 fully saturated rings. The fraction of sp³-hybridized carbons (Fsp3) is 0.364. The van der Waals surface area contributed by atoms with E-state index in [2.05, 4.69) is 34.8 Å². The van der Waals surface area contributed by atoms with Gasteiger partial charge in [0, 0.05) is 28.7 Å². The average Bonchev–Trinajstić information content (AvgIpc) is 3.03. The fourth-order valence-electron chi connectivity index (χ4n) is 4.20. The summed E-state index contributed by atoms with van der Waals surface area (Å²) in [6, 6.07) is 14.5. The standard InChI is InChI=1S/C22H27N3O2/c1-14(12-15-6-9-17(26)10-7-15)23-21-5-3-4-18-19-13-16(25-27-2)8-11-20(19)24-22(18)21/h6-11,13-14,21,23-26H,3-5,12H2,1-2H3. The predicted octanol–water partition coefficient (Wildman–Crippen LogP) is 4.45. The Morgan fingerprint density at radius 3 is 2.81 bits per heavy atom. The van der Waals surface area contributed by atoms with Gasteiger partial charge in [0.1, 0.15) is 5.75 Å². The summed E-state index contributed by atoms with van der Waals surface area (Å²) in [6.45, 7) is 2.23. The first-order chi connectivity index (χ1) is 13.1. The number of anilines is 1. The van der Waals surface area contributed by atoms with Crippen LogP contribution < -0.4 is 10.8 Å². The number of rotatable bonds is 6. The Morgan fingerprint density at radius 1 is 1.22 bits per heavy atom. The molecule has 27 heavy (non-hydrogen) atoms. The lowest BCUT2D eigenvalue weighted by molar-refractivity contribution is 0.271. The molecule has 3 aromatic rings. The summed E-state index contributed by atoms with van der Waals surface area (Å²) in [5.74, 6) is 0.316. The number of phenols is 1. The average molecular weight is 365 g/mol. The van der Waals surface area contributed by atoms with Crippen LogP contribution in [0.25, 0.3) is 10.9 Å². The van der Waals surface area contributed by atoms with Crippen LogP contribution in [0.4, 0.5) is 5.69 Å². The van der Waals surface area contributed by atoms with Gasteiger partial charge in [-0.05, 0) is 74.1 Å². The van der Waals surface area contributed by atoms with Gasteiger partial charge < -0.3 is 15.4 Å². The molecule has 1 aromatic heterocycles. The van der Waals surface area contributed by atoms with Gasteiger partial charge in [0.15, 0.2) is 0 Å². The third-order valence-corrected chi connectivity index (χ3v) is 5.39. The van der Waals surface area contributed by atoms with Crippen molar-refractivity contribution in [1.82, 2.24) is 10.3 Å². The maximum atomic E-state index is 9.45. The van der Waals surface area contributed by atoms with Crippen molar-refractivity contribution in [2.24, 2.45) is 0 Å². The number of fused-ring (bicyclic) bond motifs is 3. The minimum Gasteiger partial charge on any atom is -0.508 e. The second-order valence-electron chi connectivity index (χ2n) is 7.47. The van der Waals surface area contributed by atoms with Gasteiger partial charge in [0.2, 0.25) is 0 Å². The molecular formula is C22H27N3O2. The SMILES string of the molecule is CONc1ccc2[nH]c3c(c2c1)CCCC3NC(C)Cc1ccc(O)cc1. The Bertz CT molecular complexity index is 917. The van der Waals surface area contributed by atoms with Crippen molar-refractivity contribution in [1.29, 1.82) is 0 Å². The summed E-state index contributed by atoms with van der Waals surface area (Å²) < 4.78 is 0. The number of nitrogens with one attached hydrogen (secondary N) is 3. The highest BCUT2D eigenvalue weighted by Gasteiger charge is 2.25. The molecule has 2 atom stereocenters. The van der Waals surface area contributed by atoms with Crippen molar-refractivity contribution in [3.05, 3.63) is 59.3 Å². The van der Waals surface area contributed by atoms with Gasteiger partial charge in [-0.1, -0.05) is 12.1 Å². The molecule has 5 nitrogen and oxygen atoms in total. The minimum atomic E-state index is 0.316. The minimum absolute atomic E-state index is 0.316. The van der Waals surface area contributed by atoms with Gasteiger partial charge in [-0.15, -0.1) is 0 Å². The summed E-state index contributed by atoms with van der Waals surface area (Å²) in [5, 5.41) is 14.5. The van der Waals surface area contributed by atoms with E-state index >= 15 is 0 Å². The summed E-state index contributed by atoms with van der Waals surface area (Å²) in [4.78, 5) is 8.69. The van der Waals surface area contributed by atoms with E-state index in [1.807, 2.05) is 18.2 Å².